The van der Waals surface area contributed by atoms with Crippen LogP contribution in [0.25, 0.3) is 6.08 Å². The molecule has 1 atom stereocenters. The number of amides is 1. The normalized spacial score (nSPS) is 18.1. The van der Waals surface area contributed by atoms with E-state index in [2.05, 4.69) is 0 Å². The number of aliphatic carboxylic acids is 1. The van der Waals surface area contributed by atoms with Crippen molar-refractivity contribution in [1.82, 2.24) is 4.90 Å². The molecule has 1 aliphatic rings. The largest absolute Gasteiger partial charge is 0.480 e. The highest BCUT2D eigenvalue weighted by Gasteiger charge is 2.39. The lowest BCUT2D eigenvalue weighted by atomic mass is 10.1. The van der Waals surface area contributed by atoms with Gasteiger partial charge in [0, 0.05) is 0 Å². The molecule has 1 aromatic carbocycles. The summed E-state index contributed by atoms with van der Waals surface area (Å²) in [6.07, 6.45) is 2.81. The molecule has 1 aliphatic heterocycles. The summed E-state index contributed by atoms with van der Waals surface area (Å²) in [5, 5.41) is 9.32. The van der Waals surface area contributed by atoms with Gasteiger partial charge in [-0.1, -0.05) is 67.2 Å². The first-order valence-corrected chi connectivity index (χ1v) is 8.23. The summed E-state index contributed by atoms with van der Waals surface area (Å²) in [7, 11) is 0. The second-order valence-corrected chi connectivity index (χ2v) is 6.78. The zero-order chi connectivity index (χ0) is 16.3. The predicted octanol–water partition coefficient (Wildman–Crippen LogP) is 3.45. The summed E-state index contributed by atoms with van der Waals surface area (Å²) >= 11 is 6.36. The fourth-order valence-electron chi connectivity index (χ4n) is 2.20. The van der Waals surface area contributed by atoms with E-state index in [1.807, 2.05) is 38.1 Å². The van der Waals surface area contributed by atoms with Crippen molar-refractivity contribution in [3.63, 3.8) is 0 Å². The Morgan fingerprint density at radius 2 is 2.05 bits per heavy atom. The molecular formula is C16H17NO3S2. The highest BCUT2D eigenvalue weighted by atomic mass is 32.2. The Morgan fingerprint density at radius 3 is 2.59 bits per heavy atom. The van der Waals surface area contributed by atoms with Crippen LogP contribution in [0.2, 0.25) is 0 Å². The summed E-state index contributed by atoms with van der Waals surface area (Å²) in [6, 6.07) is 6.87. The number of benzene rings is 1. The van der Waals surface area contributed by atoms with Gasteiger partial charge in [0.2, 0.25) is 0 Å². The lowest BCUT2D eigenvalue weighted by molar-refractivity contribution is -0.145. The maximum atomic E-state index is 12.5. The van der Waals surface area contributed by atoms with Crippen LogP contribution in [-0.2, 0) is 9.59 Å². The highest BCUT2D eigenvalue weighted by molar-refractivity contribution is 8.26. The van der Waals surface area contributed by atoms with Crippen molar-refractivity contribution >= 4 is 46.3 Å². The zero-order valence-electron chi connectivity index (χ0n) is 12.4. The Morgan fingerprint density at radius 1 is 1.41 bits per heavy atom. The molecule has 1 unspecified atom stereocenters. The van der Waals surface area contributed by atoms with E-state index >= 15 is 0 Å². The van der Waals surface area contributed by atoms with Gasteiger partial charge in [-0.3, -0.25) is 9.69 Å². The number of nitrogens with zero attached hydrogens (tertiary/aromatic N) is 1. The molecule has 1 heterocycles. The minimum atomic E-state index is -1.02. The third kappa shape index (κ3) is 3.56. The van der Waals surface area contributed by atoms with Gasteiger partial charge in [-0.15, -0.1) is 0 Å². The first-order valence-electron chi connectivity index (χ1n) is 7.00. The molecule has 0 saturated carbocycles. The van der Waals surface area contributed by atoms with Crippen LogP contribution in [-0.4, -0.2) is 32.2 Å². The number of hydrogen-bond acceptors (Lipinski definition) is 4. The molecule has 6 heteroatoms. The van der Waals surface area contributed by atoms with Crippen LogP contribution in [0.4, 0.5) is 0 Å². The summed E-state index contributed by atoms with van der Waals surface area (Å²) in [6.45, 7) is 3.88. The standard InChI is InChI=1S/C16H17NO3S2/c1-3-4-12(15(19)20)17-14(18)13(22-16(17)21)9-11-7-5-10(2)6-8-11/h5-9,12H,3-4H2,1-2H3,(H,19,20)/b13-9-. The summed E-state index contributed by atoms with van der Waals surface area (Å²) in [4.78, 5) is 25.6. The Balaban J connectivity index is 2.27. The van der Waals surface area contributed by atoms with Gasteiger partial charge in [0.25, 0.3) is 5.91 Å². The van der Waals surface area contributed by atoms with E-state index in [0.717, 1.165) is 22.9 Å². The average molecular weight is 335 g/mol. The van der Waals surface area contributed by atoms with Gasteiger partial charge in [0.1, 0.15) is 10.4 Å². The molecule has 0 aromatic heterocycles. The van der Waals surface area contributed by atoms with E-state index < -0.39 is 12.0 Å². The van der Waals surface area contributed by atoms with Crippen LogP contribution in [0.1, 0.15) is 30.9 Å². The SMILES string of the molecule is CCCC(C(=O)O)N1C(=O)/C(=C/c2ccc(C)cc2)SC1=S. The Labute approximate surface area is 139 Å². The molecule has 1 fully saturated rings. The number of carboxylic acid groups (broad SMARTS) is 1. The van der Waals surface area contributed by atoms with Crippen molar-refractivity contribution in [3.05, 3.63) is 40.3 Å². The zero-order valence-corrected chi connectivity index (χ0v) is 14.0. The topological polar surface area (TPSA) is 57.6 Å². The predicted molar refractivity (Wildman–Crippen MR) is 92.5 cm³/mol. The summed E-state index contributed by atoms with van der Waals surface area (Å²) < 4.78 is 0.309. The van der Waals surface area contributed by atoms with Crippen molar-refractivity contribution in [2.75, 3.05) is 0 Å². The molecule has 1 saturated heterocycles. The minimum absolute atomic E-state index is 0.309. The summed E-state index contributed by atoms with van der Waals surface area (Å²) in [5.74, 6) is -1.34. The second kappa shape index (κ2) is 7.07. The number of aryl methyl sites for hydroxylation is 1. The average Bonchev–Trinajstić information content (AvgIpc) is 2.73. The van der Waals surface area contributed by atoms with Gasteiger partial charge in [0.05, 0.1) is 4.91 Å². The lowest BCUT2D eigenvalue weighted by Crippen LogP contribution is -2.43. The maximum Gasteiger partial charge on any atom is 0.326 e. The molecule has 1 aromatic rings. The number of thiocarbonyl (C=S) groups is 1. The first-order chi connectivity index (χ1) is 10.4. The molecule has 0 radical (unpaired) electrons. The third-order valence-electron chi connectivity index (χ3n) is 3.36. The molecule has 0 spiro atoms. The molecule has 0 aliphatic carbocycles. The van der Waals surface area contributed by atoms with Crippen LogP contribution in [0.15, 0.2) is 29.2 Å². The van der Waals surface area contributed by atoms with E-state index in [-0.39, 0.29) is 5.91 Å². The van der Waals surface area contributed by atoms with Crippen LogP contribution in [0, 0.1) is 6.92 Å². The van der Waals surface area contributed by atoms with Crippen molar-refractivity contribution in [3.8, 4) is 0 Å². The molecule has 2 rings (SSSR count). The summed E-state index contributed by atoms with van der Waals surface area (Å²) in [5.41, 5.74) is 2.03. The Kier molecular flexibility index (Phi) is 5.37. The van der Waals surface area contributed by atoms with Crippen molar-refractivity contribution in [2.24, 2.45) is 0 Å². The van der Waals surface area contributed by atoms with Crippen LogP contribution in [0.3, 0.4) is 0 Å². The number of carboxylic acids is 1. The lowest BCUT2D eigenvalue weighted by Gasteiger charge is -2.22. The quantitative estimate of drug-likeness (QED) is 0.660. The molecule has 116 valence electrons. The molecular weight excluding hydrogens is 318 g/mol. The molecule has 0 bridgehead atoms. The number of thioether (sulfide) groups is 1. The third-order valence-corrected chi connectivity index (χ3v) is 4.69. The number of rotatable bonds is 5. The van der Waals surface area contributed by atoms with Crippen molar-refractivity contribution < 1.29 is 14.7 Å². The van der Waals surface area contributed by atoms with E-state index in [1.165, 1.54) is 4.90 Å². The maximum absolute atomic E-state index is 12.5. The smallest absolute Gasteiger partial charge is 0.326 e. The number of carbonyl (C=O) groups excluding carboxylic acids is 1. The fraction of sp³-hybridized carbons (Fsp3) is 0.312. The van der Waals surface area contributed by atoms with Gasteiger partial charge in [-0.05, 0) is 25.0 Å². The van der Waals surface area contributed by atoms with E-state index in [0.29, 0.717) is 22.1 Å². The molecule has 1 amide bonds. The molecule has 1 N–H and O–H groups in total. The van der Waals surface area contributed by atoms with E-state index in [4.69, 9.17) is 12.2 Å². The van der Waals surface area contributed by atoms with Gasteiger partial charge < -0.3 is 5.11 Å². The Hall–Kier alpha value is -1.66. The fourth-order valence-corrected chi connectivity index (χ4v) is 3.56. The number of carbonyl (C=O) groups is 2. The van der Waals surface area contributed by atoms with Crippen molar-refractivity contribution in [2.45, 2.75) is 32.7 Å². The van der Waals surface area contributed by atoms with Gasteiger partial charge in [-0.2, -0.15) is 0 Å². The van der Waals surface area contributed by atoms with Crippen molar-refractivity contribution in [1.29, 1.82) is 0 Å². The number of hydrogen-bond donors (Lipinski definition) is 1. The highest BCUT2D eigenvalue weighted by Crippen LogP contribution is 2.34. The molecule has 22 heavy (non-hydrogen) atoms. The van der Waals surface area contributed by atoms with Gasteiger partial charge in [0.15, 0.2) is 0 Å². The van der Waals surface area contributed by atoms with Crippen LogP contribution >= 0.6 is 24.0 Å². The monoisotopic (exact) mass is 335 g/mol. The van der Waals surface area contributed by atoms with Crippen LogP contribution < -0.4 is 0 Å². The van der Waals surface area contributed by atoms with Crippen LogP contribution in [0.5, 0.6) is 0 Å². The second-order valence-electron chi connectivity index (χ2n) is 5.11. The van der Waals surface area contributed by atoms with Gasteiger partial charge >= 0.3 is 5.97 Å². The van der Waals surface area contributed by atoms with E-state index in [9.17, 15) is 14.7 Å². The molecule has 4 nitrogen and oxygen atoms in total. The Bertz CT molecular complexity index is 637. The first kappa shape index (κ1) is 16.7. The minimum Gasteiger partial charge on any atom is -0.480 e. The van der Waals surface area contributed by atoms with E-state index in [1.54, 1.807) is 6.08 Å². The van der Waals surface area contributed by atoms with Gasteiger partial charge in [-0.25, -0.2) is 4.79 Å².